The number of amides is 2. The van der Waals surface area contributed by atoms with Crippen molar-refractivity contribution in [3.8, 4) is 11.1 Å². The number of rotatable bonds is 9. The average Bonchev–Trinajstić information content (AvgIpc) is 3.74. The maximum absolute atomic E-state index is 14.5. The lowest BCUT2D eigenvalue weighted by molar-refractivity contribution is -0.125. The summed E-state index contributed by atoms with van der Waals surface area (Å²) in [6, 6.07) is 11.2. The summed E-state index contributed by atoms with van der Waals surface area (Å²) in [6.07, 6.45) is 5.59. The van der Waals surface area contributed by atoms with Gasteiger partial charge in [-0.3, -0.25) is 14.2 Å². The molecule has 0 saturated carbocycles. The Morgan fingerprint density at radius 3 is 2.37 bits per heavy atom. The van der Waals surface area contributed by atoms with Crippen molar-refractivity contribution in [2.75, 3.05) is 24.6 Å². The van der Waals surface area contributed by atoms with Crippen LogP contribution in [0, 0.1) is 6.92 Å². The highest BCUT2D eigenvalue weighted by atomic mass is 35.5. The van der Waals surface area contributed by atoms with Crippen LogP contribution in [0.1, 0.15) is 31.2 Å². The number of fused-ring (bicyclic) bond motifs is 1. The van der Waals surface area contributed by atoms with Gasteiger partial charge in [-0.05, 0) is 56.0 Å². The van der Waals surface area contributed by atoms with E-state index in [1.54, 1.807) is 31.5 Å². The van der Waals surface area contributed by atoms with Gasteiger partial charge in [0.15, 0.2) is 5.03 Å². The number of carbonyl (C=O) groups is 2. The van der Waals surface area contributed by atoms with Gasteiger partial charge in [0.1, 0.15) is 17.4 Å². The van der Waals surface area contributed by atoms with Crippen molar-refractivity contribution in [2.24, 2.45) is 0 Å². The number of imidazole rings is 1. The third-order valence-electron chi connectivity index (χ3n) is 8.28. The molecule has 2 aromatic heterocycles. The number of hydrogen-bond donors (Lipinski definition) is 2. The number of aryl methyl sites for hydroxylation is 1. The van der Waals surface area contributed by atoms with Crippen LogP contribution in [-0.4, -0.2) is 74.9 Å². The number of benzene rings is 2. The molecule has 240 valence electrons. The fourth-order valence-corrected chi connectivity index (χ4v) is 8.43. The number of sulfonamides is 1. The third kappa shape index (κ3) is 5.66. The summed E-state index contributed by atoms with van der Waals surface area (Å²) in [5.41, 5.74) is 1.36. The summed E-state index contributed by atoms with van der Waals surface area (Å²) >= 11 is 12.6. The van der Waals surface area contributed by atoms with E-state index in [1.807, 2.05) is 31.2 Å². The van der Waals surface area contributed by atoms with Gasteiger partial charge in [-0.25, -0.2) is 28.3 Å². The van der Waals surface area contributed by atoms with Crippen LogP contribution >= 0.6 is 23.2 Å². The standard InChI is InChI=1S/C31H31Cl2N7O5S/c1-19-35-16-22(17-36-19)21-7-5-20(6-8-21)15-31(2)29(43)39(25-13-23(32)12-24(33)14-25)30-37-18-27(40(30)31)46(44,45)38-10-3-4-26(38)28(42)34-9-11-41/h5-8,12-14,16-18,26,41H,3-4,9-11,15H2,1-2H3,(H,34,42)/t26-,31+/m0/s1. The van der Waals surface area contributed by atoms with E-state index >= 15 is 0 Å². The molecule has 6 rings (SSSR count). The second-order valence-electron chi connectivity index (χ2n) is 11.5. The monoisotopic (exact) mass is 683 g/mol. The molecule has 2 N–H and O–H groups in total. The van der Waals surface area contributed by atoms with Gasteiger partial charge in [0.25, 0.3) is 15.9 Å². The van der Waals surface area contributed by atoms with Crippen LogP contribution in [0.2, 0.25) is 10.0 Å². The quantitative estimate of drug-likeness (QED) is 0.270. The number of aliphatic hydroxyl groups excluding tert-OH is 1. The molecule has 0 unspecified atom stereocenters. The Kier molecular flexibility index (Phi) is 8.63. The average molecular weight is 685 g/mol. The first-order valence-corrected chi connectivity index (χ1v) is 16.8. The molecule has 4 heterocycles. The summed E-state index contributed by atoms with van der Waals surface area (Å²) in [7, 11) is -4.33. The predicted octanol–water partition coefficient (Wildman–Crippen LogP) is 3.85. The highest BCUT2D eigenvalue weighted by molar-refractivity contribution is 7.89. The fraction of sp³-hybridized carbons (Fsp3) is 0.323. The number of halogens is 2. The van der Waals surface area contributed by atoms with Crippen molar-refractivity contribution in [2.45, 2.75) is 49.7 Å². The van der Waals surface area contributed by atoms with Crippen LogP contribution < -0.4 is 10.2 Å². The molecule has 1 fully saturated rings. The highest BCUT2D eigenvalue weighted by Crippen LogP contribution is 2.45. The van der Waals surface area contributed by atoms with E-state index in [9.17, 15) is 18.0 Å². The van der Waals surface area contributed by atoms with Gasteiger partial charge in [-0.15, -0.1) is 0 Å². The van der Waals surface area contributed by atoms with E-state index in [2.05, 4.69) is 20.3 Å². The number of nitrogens with one attached hydrogen (secondary N) is 1. The normalized spacial score (nSPS) is 19.9. The zero-order valence-corrected chi connectivity index (χ0v) is 27.3. The lowest BCUT2D eigenvalue weighted by atomic mass is 9.91. The van der Waals surface area contributed by atoms with Gasteiger partial charge in [0.2, 0.25) is 11.9 Å². The Morgan fingerprint density at radius 1 is 1.04 bits per heavy atom. The summed E-state index contributed by atoms with van der Waals surface area (Å²) in [6.45, 7) is 3.32. The van der Waals surface area contributed by atoms with Gasteiger partial charge in [-0.2, -0.15) is 4.31 Å². The molecule has 4 aromatic rings. The smallest absolute Gasteiger partial charge is 0.261 e. The first-order valence-electron chi connectivity index (χ1n) is 14.6. The lowest BCUT2D eigenvalue weighted by Crippen LogP contribution is -2.48. The molecule has 0 spiro atoms. The van der Waals surface area contributed by atoms with E-state index in [4.69, 9.17) is 28.3 Å². The highest BCUT2D eigenvalue weighted by Gasteiger charge is 2.53. The maximum atomic E-state index is 14.5. The summed E-state index contributed by atoms with van der Waals surface area (Å²) < 4.78 is 31.2. The fourth-order valence-electron chi connectivity index (χ4n) is 6.07. The Bertz CT molecular complexity index is 1900. The van der Waals surface area contributed by atoms with E-state index in [0.29, 0.717) is 34.4 Å². The topological polar surface area (TPSA) is 151 Å². The van der Waals surface area contributed by atoms with Crippen molar-refractivity contribution in [3.63, 3.8) is 0 Å². The molecule has 1 saturated heterocycles. The minimum atomic E-state index is -4.33. The SMILES string of the molecule is Cc1ncc(-c2ccc(C[C@]3(C)C(=O)N(c4cc(Cl)cc(Cl)c4)c4ncc(S(=O)(=O)N5CCC[C@H]5C(=O)NCCO)n43)cc2)cn1. The molecule has 15 heteroatoms. The third-order valence-corrected chi connectivity index (χ3v) is 10.6. The molecule has 46 heavy (non-hydrogen) atoms. The van der Waals surface area contributed by atoms with Gasteiger partial charge in [-0.1, -0.05) is 47.5 Å². The Balaban J connectivity index is 1.43. The number of aliphatic hydroxyl groups is 1. The number of anilines is 2. The maximum Gasteiger partial charge on any atom is 0.261 e. The van der Waals surface area contributed by atoms with E-state index < -0.39 is 33.4 Å². The van der Waals surface area contributed by atoms with E-state index in [-0.39, 0.29) is 37.1 Å². The first-order chi connectivity index (χ1) is 21.9. The molecular weight excluding hydrogens is 653 g/mol. The van der Waals surface area contributed by atoms with Crippen molar-refractivity contribution in [1.29, 1.82) is 0 Å². The van der Waals surface area contributed by atoms with Crippen LogP contribution in [0.15, 0.2) is 66.1 Å². The zero-order valence-electron chi connectivity index (χ0n) is 25.0. The minimum absolute atomic E-state index is 0.00472. The Labute approximate surface area is 276 Å². The van der Waals surface area contributed by atoms with Gasteiger partial charge in [0, 0.05) is 47.5 Å². The summed E-state index contributed by atoms with van der Waals surface area (Å²) in [5, 5.41) is 12.1. The second-order valence-corrected chi connectivity index (χ2v) is 14.2. The molecule has 2 aliphatic heterocycles. The first kappa shape index (κ1) is 32.1. The van der Waals surface area contributed by atoms with Crippen LogP contribution in [0.5, 0.6) is 0 Å². The van der Waals surface area contributed by atoms with Gasteiger partial charge < -0.3 is 10.4 Å². The van der Waals surface area contributed by atoms with Crippen LogP contribution in [0.25, 0.3) is 11.1 Å². The minimum Gasteiger partial charge on any atom is -0.395 e. The second kappa shape index (κ2) is 12.4. The molecule has 12 nitrogen and oxygen atoms in total. The van der Waals surface area contributed by atoms with Crippen molar-refractivity contribution >= 4 is 56.7 Å². The van der Waals surface area contributed by atoms with Crippen LogP contribution in [-0.2, 0) is 31.6 Å². The predicted molar refractivity (Wildman–Crippen MR) is 172 cm³/mol. The number of aromatic nitrogens is 4. The van der Waals surface area contributed by atoms with E-state index in [1.165, 1.54) is 21.7 Å². The van der Waals surface area contributed by atoms with Crippen LogP contribution in [0.4, 0.5) is 11.6 Å². The molecule has 2 amide bonds. The molecule has 2 aromatic carbocycles. The molecule has 0 aliphatic carbocycles. The molecule has 2 atom stereocenters. The summed E-state index contributed by atoms with van der Waals surface area (Å²) in [4.78, 5) is 41.6. The Morgan fingerprint density at radius 2 is 1.72 bits per heavy atom. The molecular formula is C31H31Cl2N7O5S. The van der Waals surface area contributed by atoms with Crippen molar-refractivity contribution < 1.29 is 23.1 Å². The lowest BCUT2D eigenvalue weighted by Gasteiger charge is -2.29. The van der Waals surface area contributed by atoms with Crippen molar-refractivity contribution in [1.82, 2.24) is 29.1 Å². The summed E-state index contributed by atoms with van der Waals surface area (Å²) in [5.74, 6) is -0.186. The zero-order chi connectivity index (χ0) is 32.8. The number of hydrogen-bond acceptors (Lipinski definition) is 8. The Hall–Kier alpha value is -3.88. The van der Waals surface area contributed by atoms with Crippen molar-refractivity contribution in [3.05, 3.63) is 82.5 Å². The van der Waals surface area contributed by atoms with Crippen LogP contribution in [0.3, 0.4) is 0 Å². The molecule has 2 aliphatic rings. The number of carbonyl (C=O) groups excluding carboxylic acids is 2. The van der Waals surface area contributed by atoms with Gasteiger partial charge in [0.05, 0.1) is 18.5 Å². The largest absolute Gasteiger partial charge is 0.395 e. The molecule has 0 radical (unpaired) electrons. The van der Waals surface area contributed by atoms with E-state index in [0.717, 1.165) is 21.0 Å². The number of nitrogens with zero attached hydrogens (tertiary/aromatic N) is 6. The molecule has 0 bridgehead atoms. The van der Waals surface area contributed by atoms with Gasteiger partial charge >= 0.3 is 0 Å².